The molecule has 1 aromatic carbocycles. The molecule has 8 heteroatoms. The smallest absolute Gasteiger partial charge is 0.210 e. The van der Waals surface area contributed by atoms with E-state index in [0.29, 0.717) is 11.8 Å². The van der Waals surface area contributed by atoms with Crippen molar-refractivity contribution >= 4 is 33.1 Å². The Hall–Kier alpha value is -0.960. The van der Waals surface area contributed by atoms with Crippen LogP contribution in [0.4, 0.5) is 8.78 Å². The summed E-state index contributed by atoms with van der Waals surface area (Å²) in [6, 6.07) is 4.41. The van der Waals surface area contributed by atoms with Crippen LogP contribution in [0, 0.1) is 11.6 Å². The normalized spacial score (nSPS) is 11.7. The van der Waals surface area contributed by atoms with Gasteiger partial charge in [0, 0.05) is 24.1 Å². The summed E-state index contributed by atoms with van der Waals surface area (Å²) in [6.07, 6.45) is 0. The molecule has 0 unspecified atom stereocenters. The number of halogens is 2. The quantitative estimate of drug-likeness (QED) is 0.781. The van der Waals surface area contributed by atoms with Crippen LogP contribution in [0.2, 0.25) is 0 Å². The fraction of sp³-hybridized carbons (Fsp3) is 0.231. The number of benzene rings is 1. The third kappa shape index (κ3) is 4.77. The molecule has 1 heterocycles. The molecular weight excluding hydrogens is 336 g/mol. The van der Waals surface area contributed by atoms with Crippen LogP contribution in [-0.4, -0.2) is 20.7 Å². The lowest BCUT2D eigenvalue weighted by molar-refractivity contribution is 0.544. The topological polar surface area (TPSA) is 46.2 Å². The second-order valence-corrected chi connectivity index (χ2v) is 7.78. The molecule has 1 N–H and O–H groups in total. The van der Waals surface area contributed by atoms with E-state index >= 15 is 0 Å². The predicted molar refractivity (Wildman–Crippen MR) is 82.0 cm³/mol. The largest absolute Gasteiger partial charge is 0.243 e. The molecule has 114 valence electrons. The zero-order chi connectivity index (χ0) is 15.3. The van der Waals surface area contributed by atoms with Crippen LogP contribution in [0.15, 0.2) is 39.9 Å². The van der Waals surface area contributed by atoms with E-state index in [1.54, 1.807) is 23.1 Å². The Morgan fingerprint density at radius 1 is 1.24 bits per heavy atom. The van der Waals surface area contributed by atoms with Crippen molar-refractivity contribution in [3.63, 3.8) is 0 Å². The first kappa shape index (κ1) is 16.4. The summed E-state index contributed by atoms with van der Waals surface area (Å²) in [5.41, 5.74) is 1.19. The summed E-state index contributed by atoms with van der Waals surface area (Å²) in [5.74, 6) is -0.528. The Morgan fingerprint density at radius 2 is 2.05 bits per heavy atom. The number of nitrogens with one attached hydrogen (secondary N) is 1. The van der Waals surface area contributed by atoms with Crippen molar-refractivity contribution in [2.45, 2.75) is 10.6 Å². The Morgan fingerprint density at radius 3 is 2.71 bits per heavy atom. The van der Waals surface area contributed by atoms with Gasteiger partial charge in [0.2, 0.25) is 10.0 Å². The summed E-state index contributed by atoms with van der Waals surface area (Å²) in [7, 11) is -3.94. The van der Waals surface area contributed by atoms with Crippen molar-refractivity contribution in [1.29, 1.82) is 0 Å². The van der Waals surface area contributed by atoms with Gasteiger partial charge < -0.3 is 0 Å². The Kier molecular flexibility index (Phi) is 5.74. The minimum absolute atomic E-state index is 0.188. The van der Waals surface area contributed by atoms with E-state index in [2.05, 4.69) is 4.72 Å². The highest BCUT2D eigenvalue weighted by Gasteiger charge is 2.18. The van der Waals surface area contributed by atoms with Crippen molar-refractivity contribution in [2.75, 3.05) is 12.3 Å². The van der Waals surface area contributed by atoms with Crippen LogP contribution < -0.4 is 4.72 Å². The van der Waals surface area contributed by atoms with Gasteiger partial charge in [-0.1, -0.05) is 0 Å². The van der Waals surface area contributed by atoms with Gasteiger partial charge in [0.25, 0.3) is 0 Å². The lowest BCUT2D eigenvalue weighted by Crippen LogP contribution is -2.27. The van der Waals surface area contributed by atoms with E-state index in [0.717, 1.165) is 17.9 Å². The minimum atomic E-state index is -3.94. The lowest BCUT2D eigenvalue weighted by Gasteiger charge is -2.07. The van der Waals surface area contributed by atoms with E-state index in [1.165, 1.54) is 5.56 Å². The van der Waals surface area contributed by atoms with Gasteiger partial charge in [-0.15, -0.1) is 0 Å². The average molecular weight is 349 g/mol. The fourth-order valence-corrected chi connectivity index (χ4v) is 4.38. The minimum Gasteiger partial charge on any atom is -0.210 e. The first-order valence-corrected chi connectivity index (χ1v) is 9.60. The molecule has 0 saturated heterocycles. The molecule has 1 aromatic heterocycles. The lowest BCUT2D eigenvalue weighted by atomic mass is 10.3. The summed E-state index contributed by atoms with van der Waals surface area (Å²) < 4.78 is 52.3. The Balaban J connectivity index is 1.84. The molecule has 0 saturated carbocycles. The van der Waals surface area contributed by atoms with Gasteiger partial charge in [-0.05, 0) is 34.5 Å². The van der Waals surface area contributed by atoms with Crippen LogP contribution in [0.25, 0.3) is 0 Å². The van der Waals surface area contributed by atoms with Gasteiger partial charge in [-0.3, -0.25) is 0 Å². The van der Waals surface area contributed by atoms with Crippen molar-refractivity contribution in [3.05, 3.63) is 52.2 Å². The van der Waals surface area contributed by atoms with Crippen LogP contribution in [0.1, 0.15) is 5.56 Å². The molecule has 2 rings (SSSR count). The number of thiophene rings is 1. The number of thioether (sulfide) groups is 1. The van der Waals surface area contributed by atoms with Gasteiger partial charge >= 0.3 is 0 Å². The molecule has 0 aliphatic heterocycles. The summed E-state index contributed by atoms with van der Waals surface area (Å²) in [5, 5.41) is 4.01. The van der Waals surface area contributed by atoms with Gasteiger partial charge in [0.15, 0.2) is 0 Å². The highest BCUT2D eigenvalue weighted by molar-refractivity contribution is 7.98. The third-order valence-electron chi connectivity index (χ3n) is 2.57. The first-order chi connectivity index (χ1) is 9.99. The molecule has 0 radical (unpaired) electrons. The molecule has 0 fully saturated rings. The molecule has 0 atom stereocenters. The fourth-order valence-electron chi connectivity index (χ4n) is 1.58. The third-order valence-corrected chi connectivity index (χ3v) is 5.83. The van der Waals surface area contributed by atoms with E-state index < -0.39 is 26.6 Å². The van der Waals surface area contributed by atoms with E-state index in [9.17, 15) is 17.2 Å². The van der Waals surface area contributed by atoms with E-state index in [-0.39, 0.29) is 6.54 Å². The predicted octanol–water partition coefficient (Wildman–Crippen LogP) is 3.24. The molecule has 21 heavy (non-hydrogen) atoms. The standard InChI is InChI=1S/C13H13F2NO2S3/c14-11-1-2-13(12(15)7-11)21(17,18)16-4-6-20-9-10-3-5-19-8-10/h1-3,5,7-8,16H,4,6,9H2. The van der Waals surface area contributed by atoms with Gasteiger partial charge in [-0.25, -0.2) is 21.9 Å². The van der Waals surface area contributed by atoms with Gasteiger partial charge in [0.05, 0.1) is 0 Å². The monoisotopic (exact) mass is 349 g/mol. The molecule has 0 aliphatic rings. The second kappa shape index (κ2) is 7.35. The van der Waals surface area contributed by atoms with E-state index in [4.69, 9.17) is 0 Å². The number of hydrogen-bond donors (Lipinski definition) is 1. The van der Waals surface area contributed by atoms with Crippen molar-refractivity contribution in [3.8, 4) is 0 Å². The molecule has 2 aromatic rings. The molecule has 3 nitrogen and oxygen atoms in total. The first-order valence-electron chi connectivity index (χ1n) is 6.02. The maximum Gasteiger partial charge on any atom is 0.243 e. The Labute approximate surface area is 130 Å². The van der Waals surface area contributed by atoms with E-state index in [1.807, 2.05) is 16.8 Å². The number of hydrogen-bond acceptors (Lipinski definition) is 4. The molecule has 0 spiro atoms. The van der Waals surface area contributed by atoms with Gasteiger partial charge in [0.1, 0.15) is 16.5 Å². The number of sulfonamides is 1. The van der Waals surface area contributed by atoms with Crippen LogP contribution in [0.3, 0.4) is 0 Å². The van der Waals surface area contributed by atoms with Crippen molar-refractivity contribution in [1.82, 2.24) is 4.72 Å². The Bertz CT molecular complexity index is 687. The summed E-state index contributed by atoms with van der Waals surface area (Å²) >= 11 is 3.19. The highest BCUT2D eigenvalue weighted by Crippen LogP contribution is 2.16. The zero-order valence-corrected chi connectivity index (χ0v) is 13.3. The molecular formula is C13H13F2NO2S3. The summed E-state index contributed by atoms with van der Waals surface area (Å²) in [6.45, 7) is 0.188. The van der Waals surface area contributed by atoms with Crippen LogP contribution in [-0.2, 0) is 15.8 Å². The summed E-state index contributed by atoms with van der Waals surface area (Å²) in [4.78, 5) is -0.535. The average Bonchev–Trinajstić information content (AvgIpc) is 2.91. The SMILES string of the molecule is O=S(=O)(NCCSCc1ccsc1)c1ccc(F)cc1F. The molecule has 0 amide bonds. The number of rotatable bonds is 7. The van der Waals surface area contributed by atoms with Crippen LogP contribution >= 0.6 is 23.1 Å². The zero-order valence-electron chi connectivity index (χ0n) is 10.9. The maximum atomic E-state index is 13.4. The van der Waals surface area contributed by atoms with Crippen molar-refractivity contribution < 1.29 is 17.2 Å². The maximum absolute atomic E-state index is 13.4. The highest BCUT2D eigenvalue weighted by atomic mass is 32.2. The van der Waals surface area contributed by atoms with Crippen LogP contribution in [0.5, 0.6) is 0 Å². The molecule has 0 aliphatic carbocycles. The second-order valence-electron chi connectivity index (χ2n) is 4.16. The molecule has 0 bridgehead atoms. The van der Waals surface area contributed by atoms with Crippen molar-refractivity contribution in [2.24, 2.45) is 0 Å². The van der Waals surface area contributed by atoms with Gasteiger partial charge in [-0.2, -0.15) is 23.1 Å².